The van der Waals surface area contributed by atoms with E-state index < -0.39 is 0 Å². The molecule has 3 rings (SSSR count). The van der Waals surface area contributed by atoms with E-state index in [1.807, 2.05) is 43.3 Å². The van der Waals surface area contributed by atoms with Crippen LogP contribution in [0.3, 0.4) is 0 Å². The van der Waals surface area contributed by atoms with E-state index in [2.05, 4.69) is 20.4 Å². The van der Waals surface area contributed by atoms with Crippen LogP contribution in [0.5, 0.6) is 0 Å². The van der Waals surface area contributed by atoms with E-state index in [0.29, 0.717) is 5.02 Å². The summed E-state index contributed by atoms with van der Waals surface area (Å²) in [6.07, 6.45) is 4.93. The lowest BCUT2D eigenvalue weighted by Crippen LogP contribution is -2.10. The number of hydrogen-bond donors (Lipinski definition) is 1. The molecular formula is C15H14ClN5. The molecule has 3 aromatic rings. The highest BCUT2D eigenvalue weighted by Gasteiger charge is 2.11. The molecule has 21 heavy (non-hydrogen) atoms. The van der Waals surface area contributed by atoms with Crippen molar-refractivity contribution in [3.8, 4) is 5.69 Å². The van der Waals surface area contributed by atoms with Gasteiger partial charge in [0, 0.05) is 11.2 Å². The molecule has 0 radical (unpaired) electrons. The zero-order valence-corrected chi connectivity index (χ0v) is 12.2. The van der Waals surface area contributed by atoms with E-state index in [1.54, 1.807) is 17.2 Å². The molecule has 0 saturated heterocycles. The predicted molar refractivity (Wildman–Crippen MR) is 82.6 cm³/mol. The minimum Gasteiger partial charge on any atom is -0.375 e. The van der Waals surface area contributed by atoms with Gasteiger partial charge < -0.3 is 5.32 Å². The zero-order chi connectivity index (χ0) is 14.7. The van der Waals surface area contributed by atoms with E-state index in [9.17, 15) is 0 Å². The molecule has 2 heterocycles. The molecule has 0 aliphatic heterocycles. The van der Waals surface area contributed by atoms with Crippen LogP contribution in [0.25, 0.3) is 5.69 Å². The Kier molecular flexibility index (Phi) is 3.83. The molecule has 106 valence electrons. The Labute approximate surface area is 127 Å². The van der Waals surface area contributed by atoms with Crippen molar-refractivity contribution < 1.29 is 0 Å². The number of halogens is 1. The average Bonchev–Trinajstić information content (AvgIpc) is 3.02. The van der Waals surface area contributed by atoms with E-state index in [1.165, 1.54) is 6.33 Å². The summed E-state index contributed by atoms with van der Waals surface area (Å²) < 4.78 is 1.70. The van der Waals surface area contributed by atoms with Crippen LogP contribution in [0.4, 0.5) is 5.69 Å². The predicted octanol–water partition coefficient (Wildman–Crippen LogP) is 3.49. The van der Waals surface area contributed by atoms with Gasteiger partial charge in [-0.05, 0) is 37.3 Å². The average molecular weight is 300 g/mol. The fourth-order valence-electron chi connectivity index (χ4n) is 2.10. The molecule has 2 aromatic heterocycles. The zero-order valence-electron chi connectivity index (χ0n) is 11.4. The molecule has 0 saturated carbocycles. The fourth-order valence-corrected chi connectivity index (χ4v) is 2.27. The second kappa shape index (κ2) is 5.93. The number of anilines is 1. The highest BCUT2D eigenvalue weighted by atomic mass is 35.5. The third-order valence-corrected chi connectivity index (χ3v) is 3.36. The second-order valence-corrected chi connectivity index (χ2v) is 5.06. The molecule has 0 bridgehead atoms. The third-order valence-electron chi connectivity index (χ3n) is 3.13. The number of nitrogens with one attached hydrogen (secondary N) is 1. The summed E-state index contributed by atoms with van der Waals surface area (Å²) in [6.45, 7) is 2.05. The summed E-state index contributed by atoms with van der Waals surface area (Å²) in [4.78, 5) is 8.34. The van der Waals surface area contributed by atoms with Crippen molar-refractivity contribution in [1.29, 1.82) is 0 Å². The number of nitrogens with zero attached hydrogens (tertiary/aromatic N) is 4. The summed E-state index contributed by atoms with van der Waals surface area (Å²) in [5.74, 6) is 0. The van der Waals surface area contributed by atoms with Gasteiger partial charge in [0.1, 0.15) is 12.7 Å². The summed E-state index contributed by atoms with van der Waals surface area (Å²) in [5.41, 5.74) is 2.73. The van der Waals surface area contributed by atoms with Crippen LogP contribution >= 0.6 is 11.6 Å². The van der Waals surface area contributed by atoms with Gasteiger partial charge in [0.15, 0.2) is 0 Å². The van der Waals surface area contributed by atoms with Gasteiger partial charge in [0.05, 0.1) is 23.1 Å². The Hall–Kier alpha value is -2.40. The van der Waals surface area contributed by atoms with Gasteiger partial charge >= 0.3 is 0 Å². The lowest BCUT2D eigenvalue weighted by atomic mass is 10.2. The van der Waals surface area contributed by atoms with Gasteiger partial charge in [-0.3, -0.25) is 4.98 Å². The number of hydrogen-bond acceptors (Lipinski definition) is 4. The minimum absolute atomic E-state index is 0.0481. The number of benzene rings is 1. The lowest BCUT2D eigenvalue weighted by molar-refractivity contribution is 0.826. The Morgan fingerprint density at radius 1 is 1.24 bits per heavy atom. The fraction of sp³-hybridized carbons (Fsp3) is 0.133. The van der Waals surface area contributed by atoms with Crippen molar-refractivity contribution in [3.63, 3.8) is 0 Å². The summed E-state index contributed by atoms with van der Waals surface area (Å²) in [6, 6.07) is 11.5. The van der Waals surface area contributed by atoms with E-state index in [-0.39, 0.29) is 6.04 Å². The maximum absolute atomic E-state index is 6.11. The van der Waals surface area contributed by atoms with Gasteiger partial charge in [-0.2, -0.15) is 5.10 Å². The Bertz CT molecular complexity index is 712. The van der Waals surface area contributed by atoms with Gasteiger partial charge in [-0.25, -0.2) is 9.67 Å². The van der Waals surface area contributed by atoms with Gasteiger partial charge in [0.25, 0.3) is 0 Å². The molecule has 0 aliphatic rings. The number of rotatable bonds is 4. The molecule has 1 atom stereocenters. The first-order valence-corrected chi connectivity index (χ1v) is 6.94. The molecule has 6 heteroatoms. The molecule has 5 nitrogen and oxygen atoms in total. The Balaban J connectivity index is 1.93. The Morgan fingerprint density at radius 3 is 2.86 bits per heavy atom. The molecular weight excluding hydrogens is 286 g/mol. The van der Waals surface area contributed by atoms with Crippen LogP contribution in [0.15, 0.2) is 55.2 Å². The van der Waals surface area contributed by atoms with Crippen LogP contribution in [0.2, 0.25) is 5.02 Å². The normalized spacial score (nSPS) is 12.1. The summed E-state index contributed by atoms with van der Waals surface area (Å²) in [7, 11) is 0. The maximum Gasteiger partial charge on any atom is 0.138 e. The van der Waals surface area contributed by atoms with Crippen LogP contribution < -0.4 is 5.32 Å². The summed E-state index contributed by atoms with van der Waals surface area (Å²) >= 11 is 6.11. The van der Waals surface area contributed by atoms with Gasteiger partial charge in [0.2, 0.25) is 0 Å². The van der Waals surface area contributed by atoms with Crippen molar-refractivity contribution in [3.05, 3.63) is 66.0 Å². The van der Waals surface area contributed by atoms with E-state index >= 15 is 0 Å². The van der Waals surface area contributed by atoms with E-state index in [0.717, 1.165) is 17.1 Å². The number of aromatic nitrogens is 4. The Morgan fingerprint density at radius 2 is 2.14 bits per heavy atom. The maximum atomic E-state index is 6.11. The molecule has 0 spiro atoms. The molecule has 1 aromatic carbocycles. The molecule has 0 amide bonds. The van der Waals surface area contributed by atoms with Gasteiger partial charge in [-0.15, -0.1) is 0 Å². The van der Waals surface area contributed by atoms with E-state index in [4.69, 9.17) is 11.6 Å². The van der Waals surface area contributed by atoms with Crippen molar-refractivity contribution in [2.24, 2.45) is 0 Å². The molecule has 0 fully saturated rings. The topological polar surface area (TPSA) is 55.6 Å². The molecule has 1 N–H and O–H groups in total. The molecule has 1 unspecified atom stereocenters. The standard InChI is InChI=1S/C15H14ClN5/c1-11(13-4-2-3-7-18-13)20-14-8-12(16)5-6-15(14)21-10-17-9-19-21/h2-11,20H,1H3. The first kappa shape index (κ1) is 13.6. The first-order chi connectivity index (χ1) is 10.2. The third kappa shape index (κ3) is 3.03. The highest BCUT2D eigenvalue weighted by molar-refractivity contribution is 6.31. The summed E-state index contributed by atoms with van der Waals surface area (Å²) in [5, 5.41) is 8.25. The second-order valence-electron chi connectivity index (χ2n) is 4.62. The van der Waals surface area contributed by atoms with Crippen molar-refractivity contribution in [2.45, 2.75) is 13.0 Å². The smallest absolute Gasteiger partial charge is 0.138 e. The largest absolute Gasteiger partial charge is 0.375 e. The first-order valence-electron chi connectivity index (χ1n) is 6.56. The minimum atomic E-state index is 0.0481. The van der Waals surface area contributed by atoms with Crippen molar-refractivity contribution >= 4 is 17.3 Å². The number of pyridine rings is 1. The lowest BCUT2D eigenvalue weighted by Gasteiger charge is -2.17. The van der Waals surface area contributed by atoms with Crippen LogP contribution in [0.1, 0.15) is 18.7 Å². The SMILES string of the molecule is CC(Nc1cc(Cl)ccc1-n1cncn1)c1ccccn1. The quantitative estimate of drug-likeness (QED) is 0.801. The van der Waals surface area contributed by atoms with Gasteiger partial charge in [-0.1, -0.05) is 17.7 Å². The van der Waals surface area contributed by atoms with Crippen LogP contribution in [-0.4, -0.2) is 19.7 Å². The highest BCUT2D eigenvalue weighted by Crippen LogP contribution is 2.27. The van der Waals surface area contributed by atoms with Crippen LogP contribution in [-0.2, 0) is 0 Å². The van der Waals surface area contributed by atoms with Crippen molar-refractivity contribution in [1.82, 2.24) is 19.7 Å². The van der Waals surface area contributed by atoms with Crippen LogP contribution in [0, 0.1) is 0 Å². The van der Waals surface area contributed by atoms with Crippen molar-refractivity contribution in [2.75, 3.05) is 5.32 Å². The monoisotopic (exact) mass is 299 g/mol. The molecule has 0 aliphatic carbocycles.